The first kappa shape index (κ1) is 29.3. The lowest BCUT2D eigenvalue weighted by molar-refractivity contribution is -0.141. The van der Waals surface area contributed by atoms with Crippen molar-refractivity contribution in [1.82, 2.24) is 4.98 Å². The molecule has 0 saturated heterocycles. The first-order chi connectivity index (χ1) is 19.1. The lowest BCUT2D eigenvalue weighted by Crippen LogP contribution is -2.44. The van der Waals surface area contributed by atoms with Gasteiger partial charge < -0.3 is 19.3 Å². The molecule has 0 aliphatic carbocycles. The maximum atomic E-state index is 14.3. The van der Waals surface area contributed by atoms with Gasteiger partial charge in [-0.2, -0.15) is 0 Å². The molecule has 0 spiro atoms. The molecular formula is C28H28ClFN2O7S. The molecule has 2 heterocycles. The van der Waals surface area contributed by atoms with Crippen LogP contribution in [0.5, 0.6) is 11.6 Å². The van der Waals surface area contributed by atoms with Gasteiger partial charge in [0.15, 0.2) is 0 Å². The number of anilines is 1. The van der Waals surface area contributed by atoms with Crippen LogP contribution in [0.1, 0.15) is 29.5 Å². The molecule has 212 valence electrons. The summed E-state index contributed by atoms with van der Waals surface area (Å²) >= 11 is 6.14. The predicted molar refractivity (Wildman–Crippen MR) is 149 cm³/mol. The van der Waals surface area contributed by atoms with Crippen LogP contribution in [-0.2, 0) is 19.6 Å². The highest BCUT2D eigenvalue weighted by Gasteiger charge is 2.37. The summed E-state index contributed by atoms with van der Waals surface area (Å²) in [6.45, 7) is 1.12. The summed E-state index contributed by atoms with van der Waals surface area (Å²) in [4.78, 5) is 15.7. The lowest BCUT2D eigenvalue weighted by Gasteiger charge is -2.35. The van der Waals surface area contributed by atoms with Gasteiger partial charge in [-0.05, 0) is 60.9 Å². The van der Waals surface area contributed by atoms with E-state index in [2.05, 4.69) is 4.98 Å². The Hall–Kier alpha value is -3.67. The number of pyridine rings is 1. The average Bonchev–Trinajstić information content (AvgIpc) is 2.94. The second kappa shape index (κ2) is 12.7. The van der Waals surface area contributed by atoms with Gasteiger partial charge in [0.2, 0.25) is 5.88 Å². The number of methoxy groups -OCH3 is 1. The molecule has 1 N–H and O–H groups in total. The van der Waals surface area contributed by atoms with Crippen LogP contribution in [0.15, 0.2) is 53.6 Å². The summed E-state index contributed by atoms with van der Waals surface area (Å²) in [6, 6.07) is 10.7. The van der Waals surface area contributed by atoms with E-state index in [0.29, 0.717) is 11.1 Å². The second-order valence-corrected chi connectivity index (χ2v) is 11.2. The van der Waals surface area contributed by atoms with Gasteiger partial charge in [-0.1, -0.05) is 29.8 Å². The average molecular weight is 591 g/mol. The SMILES string of the molecule is COC(=O)CC[C@H]1CN(S(=O)(=O)c2cc(C)cnc2OCCO)c2cc(/C=C/c3c(F)cccc3Cl)ccc2O1. The van der Waals surface area contributed by atoms with E-state index < -0.39 is 27.9 Å². The lowest BCUT2D eigenvalue weighted by atomic mass is 10.1. The maximum absolute atomic E-state index is 14.3. The number of fused-ring (bicyclic) bond motifs is 1. The van der Waals surface area contributed by atoms with Crippen molar-refractivity contribution in [3.63, 3.8) is 0 Å². The fraction of sp³-hybridized carbons (Fsp3) is 0.286. The molecule has 1 aliphatic rings. The van der Waals surface area contributed by atoms with Gasteiger partial charge in [-0.3, -0.25) is 9.10 Å². The molecule has 0 bridgehead atoms. The molecule has 40 heavy (non-hydrogen) atoms. The van der Waals surface area contributed by atoms with Crippen LogP contribution >= 0.6 is 11.6 Å². The number of aryl methyl sites for hydroxylation is 1. The van der Waals surface area contributed by atoms with Gasteiger partial charge in [0.25, 0.3) is 10.0 Å². The molecule has 0 unspecified atom stereocenters. The van der Waals surface area contributed by atoms with Crippen molar-refractivity contribution in [2.75, 3.05) is 31.2 Å². The first-order valence-electron chi connectivity index (χ1n) is 12.4. The molecule has 2 aromatic carbocycles. The Bertz CT molecular complexity index is 1510. The van der Waals surface area contributed by atoms with E-state index in [-0.39, 0.29) is 65.4 Å². The quantitative estimate of drug-likeness (QED) is 0.268. The third kappa shape index (κ3) is 6.55. The molecule has 1 aromatic heterocycles. The van der Waals surface area contributed by atoms with Crippen LogP contribution < -0.4 is 13.8 Å². The first-order valence-corrected chi connectivity index (χ1v) is 14.2. The zero-order valence-electron chi connectivity index (χ0n) is 21.8. The standard InChI is InChI=1S/C28H28ClFN2O7S/c1-18-14-26(28(31-16-18)38-13-12-33)40(35,36)32-17-20(8-11-27(34)37-2)39-25-10-7-19(15-24(25)32)6-9-21-22(29)4-3-5-23(21)30/h3-7,9-10,14-16,20,33H,8,11-13,17H2,1-2H3/b9-6+/t20-/m0/s1. The van der Waals surface area contributed by atoms with Crippen molar-refractivity contribution >= 4 is 45.4 Å². The predicted octanol–water partition coefficient (Wildman–Crippen LogP) is 4.63. The number of benzene rings is 2. The Balaban J connectivity index is 1.77. The van der Waals surface area contributed by atoms with Crippen LogP contribution in [0.25, 0.3) is 12.2 Å². The van der Waals surface area contributed by atoms with Crippen LogP contribution in [0.2, 0.25) is 5.02 Å². The van der Waals surface area contributed by atoms with Gasteiger partial charge in [0, 0.05) is 18.2 Å². The van der Waals surface area contributed by atoms with Crippen LogP contribution in [0.4, 0.5) is 10.1 Å². The van der Waals surface area contributed by atoms with Crippen molar-refractivity contribution in [3.05, 3.63) is 76.2 Å². The van der Waals surface area contributed by atoms with Crippen molar-refractivity contribution in [2.45, 2.75) is 30.8 Å². The monoisotopic (exact) mass is 590 g/mol. The minimum absolute atomic E-state index is 0.0332. The minimum Gasteiger partial charge on any atom is -0.486 e. The Morgan fingerprint density at radius 2 is 2.08 bits per heavy atom. The minimum atomic E-state index is -4.27. The van der Waals surface area contributed by atoms with E-state index in [0.717, 1.165) is 0 Å². The smallest absolute Gasteiger partial charge is 0.305 e. The summed E-state index contributed by atoms with van der Waals surface area (Å²) in [5, 5.41) is 9.44. The molecule has 1 atom stereocenters. The van der Waals surface area contributed by atoms with Gasteiger partial charge >= 0.3 is 5.97 Å². The van der Waals surface area contributed by atoms with Crippen LogP contribution in [-0.4, -0.2) is 57.4 Å². The molecule has 0 radical (unpaired) electrons. The summed E-state index contributed by atoms with van der Waals surface area (Å²) in [6.07, 6.45) is 4.18. The van der Waals surface area contributed by atoms with Gasteiger partial charge in [-0.25, -0.2) is 17.8 Å². The van der Waals surface area contributed by atoms with Crippen molar-refractivity contribution in [2.24, 2.45) is 0 Å². The zero-order chi connectivity index (χ0) is 28.9. The summed E-state index contributed by atoms with van der Waals surface area (Å²) in [5.41, 5.74) is 1.59. The van der Waals surface area contributed by atoms with Crippen molar-refractivity contribution < 1.29 is 36.9 Å². The molecule has 4 rings (SSSR count). The number of aromatic nitrogens is 1. The molecule has 0 fully saturated rings. The number of carbonyl (C=O) groups excluding carboxylic acids is 1. The number of halogens is 2. The number of aliphatic hydroxyl groups is 1. The van der Waals surface area contributed by atoms with E-state index in [1.54, 1.807) is 37.3 Å². The van der Waals surface area contributed by atoms with Gasteiger partial charge in [0.05, 0.1) is 31.0 Å². The Morgan fingerprint density at radius 3 is 2.80 bits per heavy atom. The van der Waals surface area contributed by atoms with E-state index in [1.165, 1.54) is 41.9 Å². The van der Waals surface area contributed by atoms with Crippen LogP contribution in [0.3, 0.4) is 0 Å². The van der Waals surface area contributed by atoms with E-state index >= 15 is 0 Å². The molecule has 0 saturated carbocycles. The number of aliphatic hydroxyl groups excluding tert-OH is 1. The fourth-order valence-electron chi connectivity index (χ4n) is 4.13. The molecule has 12 heteroatoms. The number of ether oxygens (including phenoxy) is 3. The summed E-state index contributed by atoms with van der Waals surface area (Å²) in [5.74, 6) is -0.808. The normalized spacial score (nSPS) is 15.0. The van der Waals surface area contributed by atoms with Crippen LogP contribution in [0, 0.1) is 12.7 Å². The third-order valence-corrected chi connectivity index (χ3v) is 8.21. The molecule has 9 nitrogen and oxygen atoms in total. The number of rotatable bonds is 10. The largest absolute Gasteiger partial charge is 0.486 e. The molecule has 3 aromatic rings. The number of hydrogen-bond acceptors (Lipinski definition) is 8. The highest BCUT2D eigenvalue weighted by molar-refractivity contribution is 7.93. The number of nitrogens with zero attached hydrogens (tertiary/aromatic N) is 2. The number of sulfonamides is 1. The number of carbonyl (C=O) groups is 1. The number of hydrogen-bond donors (Lipinski definition) is 1. The molecule has 0 amide bonds. The Morgan fingerprint density at radius 1 is 1.27 bits per heavy atom. The summed E-state index contributed by atoms with van der Waals surface area (Å²) in [7, 11) is -2.99. The third-order valence-electron chi connectivity index (χ3n) is 6.11. The number of esters is 1. The molecular weight excluding hydrogens is 563 g/mol. The van der Waals surface area contributed by atoms with Crippen molar-refractivity contribution in [3.8, 4) is 11.6 Å². The Kier molecular flexibility index (Phi) is 9.28. The van der Waals surface area contributed by atoms with E-state index in [4.69, 9.17) is 25.8 Å². The highest BCUT2D eigenvalue weighted by atomic mass is 35.5. The zero-order valence-corrected chi connectivity index (χ0v) is 23.4. The van der Waals surface area contributed by atoms with Crippen molar-refractivity contribution in [1.29, 1.82) is 0 Å². The second-order valence-electron chi connectivity index (χ2n) is 8.97. The highest BCUT2D eigenvalue weighted by Crippen LogP contribution is 2.40. The maximum Gasteiger partial charge on any atom is 0.305 e. The Labute approximate surface area is 236 Å². The fourth-order valence-corrected chi connectivity index (χ4v) is 6.02. The molecule has 1 aliphatic heterocycles. The van der Waals surface area contributed by atoms with Gasteiger partial charge in [-0.15, -0.1) is 0 Å². The summed E-state index contributed by atoms with van der Waals surface area (Å²) < 4.78 is 59.9. The van der Waals surface area contributed by atoms with E-state index in [1.807, 2.05) is 0 Å². The van der Waals surface area contributed by atoms with Gasteiger partial charge in [0.1, 0.15) is 29.2 Å². The van der Waals surface area contributed by atoms with E-state index in [9.17, 15) is 22.7 Å². The topological polar surface area (TPSA) is 115 Å².